The van der Waals surface area contributed by atoms with Crippen LogP contribution in [0.25, 0.3) is 0 Å². The van der Waals surface area contributed by atoms with Gasteiger partial charge in [0.05, 0.1) is 6.54 Å². The number of anilines is 2. The zero-order valence-electron chi connectivity index (χ0n) is 11.2. The van der Waals surface area contributed by atoms with Crippen LogP contribution >= 0.6 is 39.1 Å². The Kier molecular flexibility index (Phi) is 5.51. The Morgan fingerprint density at radius 3 is 2.43 bits per heavy atom. The van der Waals surface area contributed by atoms with Crippen molar-refractivity contribution in [3.05, 3.63) is 56.5 Å². The molecule has 0 fully saturated rings. The summed E-state index contributed by atoms with van der Waals surface area (Å²) in [6.07, 6.45) is 0. The average Bonchev–Trinajstić information content (AvgIpc) is 2.36. The Morgan fingerprint density at radius 1 is 1.14 bits per heavy atom. The number of carbonyl (C=O) groups excluding carboxylic acids is 1. The van der Waals surface area contributed by atoms with Gasteiger partial charge in [-0.15, -0.1) is 0 Å². The van der Waals surface area contributed by atoms with Crippen LogP contribution in [-0.4, -0.2) is 12.5 Å². The molecule has 0 atom stereocenters. The van der Waals surface area contributed by atoms with Crippen molar-refractivity contribution in [2.75, 3.05) is 17.2 Å². The van der Waals surface area contributed by atoms with E-state index in [4.69, 9.17) is 23.2 Å². The monoisotopic (exact) mass is 386 g/mol. The molecule has 21 heavy (non-hydrogen) atoms. The Bertz CT molecular complexity index is 656. The first-order valence-corrected chi connectivity index (χ1v) is 7.75. The minimum absolute atomic E-state index is 0.145. The molecular weight excluding hydrogens is 375 g/mol. The van der Waals surface area contributed by atoms with E-state index in [0.29, 0.717) is 15.7 Å². The van der Waals surface area contributed by atoms with Gasteiger partial charge < -0.3 is 10.6 Å². The van der Waals surface area contributed by atoms with Crippen LogP contribution in [-0.2, 0) is 4.79 Å². The van der Waals surface area contributed by atoms with Crippen LogP contribution in [0.3, 0.4) is 0 Å². The molecule has 2 aromatic carbocycles. The molecular formula is C15H13BrCl2N2O. The van der Waals surface area contributed by atoms with E-state index in [1.807, 2.05) is 25.1 Å². The van der Waals surface area contributed by atoms with Crippen molar-refractivity contribution in [1.82, 2.24) is 0 Å². The van der Waals surface area contributed by atoms with Crippen LogP contribution < -0.4 is 10.6 Å². The molecule has 0 unspecified atom stereocenters. The quantitative estimate of drug-likeness (QED) is 0.764. The molecule has 1 amide bonds. The number of benzene rings is 2. The standard InChI is InChI=1S/C15H13BrCl2N2O/c1-9-2-3-14(13(16)4-9)19-8-15(21)20-12-6-10(17)5-11(18)7-12/h2-7,19H,8H2,1H3,(H,20,21). The van der Waals surface area contributed by atoms with E-state index in [2.05, 4.69) is 26.6 Å². The van der Waals surface area contributed by atoms with Crippen LogP contribution in [0.5, 0.6) is 0 Å². The van der Waals surface area contributed by atoms with Crippen LogP contribution in [0.1, 0.15) is 5.56 Å². The highest BCUT2D eigenvalue weighted by molar-refractivity contribution is 9.10. The molecule has 110 valence electrons. The van der Waals surface area contributed by atoms with E-state index in [-0.39, 0.29) is 12.5 Å². The first kappa shape index (κ1) is 16.1. The second-order valence-electron chi connectivity index (χ2n) is 4.54. The molecule has 0 bridgehead atoms. The fraction of sp³-hybridized carbons (Fsp3) is 0.133. The van der Waals surface area contributed by atoms with Crippen molar-refractivity contribution in [1.29, 1.82) is 0 Å². The number of aryl methyl sites for hydroxylation is 1. The van der Waals surface area contributed by atoms with Crippen molar-refractivity contribution < 1.29 is 4.79 Å². The molecule has 0 saturated carbocycles. The lowest BCUT2D eigenvalue weighted by molar-refractivity contribution is -0.114. The molecule has 2 N–H and O–H groups in total. The van der Waals surface area contributed by atoms with Crippen molar-refractivity contribution in [3.63, 3.8) is 0 Å². The SMILES string of the molecule is Cc1ccc(NCC(=O)Nc2cc(Cl)cc(Cl)c2)c(Br)c1. The Hall–Kier alpha value is -1.23. The van der Waals surface area contributed by atoms with Gasteiger partial charge >= 0.3 is 0 Å². The summed E-state index contributed by atoms with van der Waals surface area (Å²) in [7, 11) is 0. The summed E-state index contributed by atoms with van der Waals surface area (Å²) >= 11 is 15.2. The third-order valence-corrected chi connectivity index (χ3v) is 3.80. The summed E-state index contributed by atoms with van der Waals surface area (Å²) in [5, 5.41) is 6.76. The van der Waals surface area contributed by atoms with Crippen molar-refractivity contribution >= 4 is 56.4 Å². The maximum atomic E-state index is 11.9. The van der Waals surface area contributed by atoms with Gasteiger partial charge in [-0.05, 0) is 58.7 Å². The Balaban J connectivity index is 1.95. The summed E-state index contributed by atoms with van der Waals surface area (Å²) in [5.74, 6) is -0.180. The lowest BCUT2D eigenvalue weighted by atomic mass is 10.2. The van der Waals surface area contributed by atoms with Gasteiger partial charge in [0.1, 0.15) is 0 Å². The van der Waals surface area contributed by atoms with Crippen LogP contribution in [0, 0.1) is 6.92 Å². The van der Waals surface area contributed by atoms with Gasteiger partial charge in [-0.1, -0.05) is 29.3 Å². The lowest BCUT2D eigenvalue weighted by Gasteiger charge is -2.10. The summed E-state index contributed by atoms with van der Waals surface area (Å²) in [5.41, 5.74) is 2.58. The molecule has 0 aromatic heterocycles. The highest BCUT2D eigenvalue weighted by Gasteiger charge is 2.06. The number of carbonyl (C=O) groups is 1. The molecule has 0 radical (unpaired) electrons. The second-order valence-corrected chi connectivity index (χ2v) is 6.27. The van der Waals surface area contributed by atoms with Crippen LogP contribution in [0.4, 0.5) is 11.4 Å². The predicted octanol–water partition coefficient (Wildman–Crippen LogP) is 5.11. The summed E-state index contributed by atoms with van der Waals surface area (Å²) in [4.78, 5) is 11.9. The highest BCUT2D eigenvalue weighted by Crippen LogP contribution is 2.24. The van der Waals surface area contributed by atoms with E-state index >= 15 is 0 Å². The fourth-order valence-corrected chi connectivity index (χ4v) is 2.93. The topological polar surface area (TPSA) is 41.1 Å². The largest absolute Gasteiger partial charge is 0.375 e. The van der Waals surface area contributed by atoms with E-state index in [1.165, 1.54) is 0 Å². The minimum Gasteiger partial charge on any atom is -0.375 e. The smallest absolute Gasteiger partial charge is 0.243 e. The first-order chi connectivity index (χ1) is 9.94. The predicted molar refractivity (Wildman–Crippen MR) is 92.5 cm³/mol. The van der Waals surface area contributed by atoms with E-state index < -0.39 is 0 Å². The first-order valence-electron chi connectivity index (χ1n) is 6.20. The second kappa shape index (κ2) is 7.16. The van der Waals surface area contributed by atoms with Gasteiger partial charge in [-0.2, -0.15) is 0 Å². The Labute approximate surface area is 141 Å². The van der Waals surface area contributed by atoms with Crippen molar-refractivity contribution in [3.8, 4) is 0 Å². The third kappa shape index (κ3) is 4.92. The number of halogens is 3. The molecule has 0 heterocycles. The van der Waals surface area contributed by atoms with E-state index in [9.17, 15) is 4.79 Å². The Morgan fingerprint density at radius 2 is 1.81 bits per heavy atom. The van der Waals surface area contributed by atoms with Gasteiger partial charge in [0.2, 0.25) is 5.91 Å². The molecule has 0 aliphatic carbocycles. The van der Waals surface area contributed by atoms with Crippen LogP contribution in [0.2, 0.25) is 10.0 Å². The van der Waals surface area contributed by atoms with E-state index in [0.717, 1.165) is 15.7 Å². The number of nitrogens with one attached hydrogen (secondary N) is 2. The summed E-state index contributed by atoms with van der Waals surface area (Å²) < 4.78 is 0.918. The maximum absolute atomic E-state index is 11.9. The van der Waals surface area contributed by atoms with Crippen molar-refractivity contribution in [2.24, 2.45) is 0 Å². The maximum Gasteiger partial charge on any atom is 0.243 e. The zero-order valence-corrected chi connectivity index (χ0v) is 14.3. The highest BCUT2D eigenvalue weighted by atomic mass is 79.9. The summed E-state index contributed by atoms with van der Waals surface area (Å²) in [6.45, 7) is 2.15. The van der Waals surface area contributed by atoms with Crippen LogP contribution in [0.15, 0.2) is 40.9 Å². The molecule has 6 heteroatoms. The normalized spacial score (nSPS) is 10.3. The molecule has 0 aliphatic rings. The van der Waals surface area contributed by atoms with Crippen molar-refractivity contribution in [2.45, 2.75) is 6.92 Å². The molecule has 2 aromatic rings. The molecule has 0 spiro atoms. The number of hydrogen-bond donors (Lipinski definition) is 2. The molecule has 3 nitrogen and oxygen atoms in total. The van der Waals surface area contributed by atoms with Gasteiger partial charge in [-0.3, -0.25) is 4.79 Å². The molecule has 2 rings (SSSR count). The molecule has 0 saturated heterocycles. The van der Waals surface area contributed by atoms with Gasteiger partial charge in [0.25, 0.3) is 0 Å². The number of hydrogen-bond acceptors (Lipinski definition) is 2. The van der Waals surface area contributed by atoms with Gasteiger partial charge in [0.15, 0.2) is 0 Å². The zero-order chi connectivity index (χ0) is 15.4. The molecule has 0 aliphatic heterocycles. The average molecular weight is 388 g/mol. The number of amides is 1. The third-order valence-electron chi connectivity index (χ3n) is 2.71. The fourth-order valence-electron chi connectivity index (χ4n) is 1.77. The summed E-state index contributed by atoms with van der Waals surface area (Å²) in [6, 6.07) is 10.8. The minimum atomic E-state index is -0.180. The van der Waals surface area contributed by atoms with Gasteiger partial charge in [0, 0.05) is 25.9 Å². The lowest BCUT2D eigenvalue weighted by Crippen LogP contribution is -2.21. The van der Waals surface area contributed by atoms with E-state index in [1.54, 1.807) is 18.2 Å². The number of rotatable bonds is 4. The van der Waals surface area contributed by atoms with Gasteiger partial charge in [-0.25, -0.2) is 0 Å².